The minimum absolute atomic E-state index is 0.378. The number of aryl methyl sites for hydroxylation is 4. The zero-order valence-corrected chi connectivity index (χ0v) is 13.5. The molecule has 4 aromatic rings. The van der Waals surface area contributed by atoms with Gasteiger partial charge in [-0.2, -0.15) is 0 Å². The Labute approximate surface area is 140 Å². The molecule has 0 spiro atoms. The molecule has 0 amide bonds. The van der Waals surface area contributed by atoms with Crippen molar-refractivity contribution in [3.05, 3.63) is 65.5 Å². The summed E-state index contributed by atoms with van der Waals surface area (Å²) >= 11 is 0. The quantitative estimate of drug-likeness (QED) is 0.489. The van der Waals surface area contributed by atoms with Crippen LogP contribution < -0.4 is 4.57 Å². The van der Waals surface area contributed by atoms with Crippen molar-refractivity contribution in [3.8, 4) is 11.3 Å². The van der Waals surface area contributed by atoms with Gasteiger partial charge in [-0.25, -0.2) is 9.55 Å². The number of benzene rings is 1. The van der Waals surface area contributed by atoms with Gasteiger partial charge in [0.25, 0.3) is 0 Å². The Morgan fingerprint density at radius 1 is 1.09 bits per heavy atom. The fraction of sp³-hybridized carbons (Fsp3) is 0.200. The van der Waals surface area contributed by atoms with E-state index in [1.54, 1.807) is 6.20 Å². The van der Waals surface area contributed by atoms with Crippen LogP contribution in [0.2, 0.25) is 0 Å². The van der Waals surface area contributed by atoms with E-state index in [0.717, 1.165) is 39.1 Å². The van der Waals surface area contributed by atoms with Crippen LogP contribution in [0.5, 0.6) is 0 Å². The average Bonchev–Trinajstić information content (AvgIpc) is 2.94. The van der Waals surface area contributed by atoms with Gasteiger partial charge in [-0.05, 0) is 50.0 Å². The third kappa shape index (κ3) is 2.04. The van der Waals surface area contributed by atoms with Crippen molar-refractivity contribution in [1.29, 1.82) is 0 Å². The SMILES string of the molecule is [2H]C([2H])([2H])c1c[n+](C)c(-c2c(C)ccc3c2nc2ccccn23)cc1C. The van der Waals surface area contributed by atoms with Gasteiger partial charge in [0.2, 0.25) is 5.69 Å². The van der Waals surface area contributed by atoms with E-state index >= 15 is 0 Å². The van der Waals surface area contributed by atoms with Crippen molar-refractivity contribution < 1.29 is 8.68 Å². The Morgan fingerprint density at radius 2 is 1.96 bits per heavy atom. The highest BCUT2D eigenvalue weighted by Crippen LogP contribution is 2.31. The van der Waals surface area contributed by atoms with Gasteiger partial charge in [0.05, 0.1) is 11.1 Å². The number of aromatic nitrogens is 3. The molecule has 0 unspecified atom stereocenters. The monoisotopic (exact) mass is 305 g/mol. The van der Waals surface area contributed by atoms with Crippen LogP contribution in [0, 0.1) is 20.7 Å². The maximum absolute atomic E-state index is 7.74. The number of nitrogens with zero attached hydrogens (tertiary/aromatic N) is 3. The topological polar surface area (TPSA) is 21.2 Å². The molecule has 0 aliphatic rings. The first kappa shape index (κ1) is 10.9. The summed E-state index contributed by atoms with van der Waals surface area (Å²) in [5.41, 5.74) is 7.11. The molecule has 3 aromatic heterocycles. The maximum Gasteiger partial charge on any atom is 0.215 e. The van der Waals surface area contributed by atoms with E-state index in [9.17, 15) is 0 Å². The molecule has 0 aliphatic carbocycles. The molecule has 3 heterocycles. The summed E-state index contributed by atoms with van der Waals surface area (Å²) < 4.78 is 27.2. The first-order valence-corrected chi connectivity index (χ1v) is 7.65. The Morgan fingerprint density at radius 3 is 2.78 bits per heavy atom. The summed E-state index contributed by atoms with van der Waals surface area (Å²) in [5.74, 6) is 0. The van der Waals surface area contributed by atoms with Crippen LogP contribution in [0.4, 0.5) is 0 Å². The van der Waals surface area contributed by atoms with Crippen LogP contribution in [-0.2, 0) is 7.05 Å². The predicted octanol–water partition coefficient (Wildman–Crippen LogP) is 3.90. The minimum atomic E-state index is -2.12. The van der Waals surface area contributed by atoms with E-state index in [1.165, 1.54) is 0 Å². The van der Waals surface area contributed by atoms with Gasteiger partial charge >= 0.3 is 0 Å². The second kappa shape index (κ2) is 4.92. The lowest BCUT2D eigenvalue weighted by molar-refractivity contribution is -0.660. The summed E-state index contributed by atoms with van der Waals surface area (Å²) in [7, 11) is 1.89. The predicted molar refractivity (Wildman–Crippen MR) is 93.5 cm³/mol. The third-order valence-corrected chi connectivity index (χ3v) is 4.43. The standard InChI is InChI=1S/C20H20N3/c1-13-8-9-16-20(21-18-7-5-6-10-23(16)18)19(13)17-11-14(2)15(3)12-22(17)4/h5-12H,1-4H3/q+1/i3D3. The summed E-state index contributed by atoms with van der Waals surface area (Å²) in [6.45, 7) is 1.79. The number of imidazole rings is 1. The van der Waals surface area contributed by atoms with Crippen molar-refractivity contribution in [3.63, 3.8) is 0 Å². The molecule has 0 fully saturated rings. The third-order valence-electron chi connectivity index (χ3n) is 4.43. The molecule has 3 heteroatoms. The molecule has 0 N–H and O–H groups in total. The molecule has 0 bridgehead atoms. The van der Waals surface area contributed by atoms with Crippen LogP contribution in [0.15, 0.2) is 48.8 Å². The van der Waals surface area contributed by atoms with Crippen molar-refractivity contribution in [1.82, 2.24) is 9.38 Å². The van der Waals surface area contributed by atoms with Gasteiger partial charge in [-0.3, -0.25) is 4.40 Å². The van der Waals surface area contributed by atoms with Gasteiger partial charge in [-0.1, -0.05) is 12.1 Å². The molecule has 0 radical (unpaired) electrons. The zero-order chi connectivity index (χ0) is 18.6. The minimum Gasteiger partial charge on any atom is -0.300 e. The molecule has 4 rings (SSSR count). The first-order chi connectivity index (χ1) is 12.3. The smallest absolute Gasteiger partial charge is 0.215 e. The largest absolute Gasteiger partial charge is 0.300 e. The Bertz CT molecular complexity index is 1160. The van der Waals surface area contributed by atoms with E-state index in [4.69, 9.17) is 9.10 Å². The fourth-order valence-corrected chi connectivity index (χ4v) is 3.15. The second-order valence-corrected chi connectivity index (χ2v) is 6.03. The molecule has 1 aromatic carbocycles. The lowest BCUT2D eigenvalue weighted by Crippen LogP contribution is -2.31. The van der Waals surface area contributed by atoms with Gasteiger partial charge in [0.15, 0.2) is 6.20 Å². The first-order valence-electron chi connectivity index (χ1n) is 9.15. The molecule has 0 aliphatic heterocycles. The number of fused-ring (bicyclic) bond motifs is 3. The van der Waals surface area contributed by atoms with Crippen LogP contribution in [-0.4, -0.2) is 9.38 Å². The van der Waals surface area contributed by atoms with Gasteiger partial charge < -0.3 is 0 Å². The lowest BCUT2D eigenvalue weighted by atomic mass is 10.0. The second-order valence-electron chi connectivity index (χ2n) is 6.03. The summed E-state index contributed by atoms with van der Waals surface area (Å²) in [5, 5.41) is 0. The lowest BCUT2D eigenvalue weighted by Gasteiger charge is -2.08. The van der Waals surface area contributed by atoms with E-state index in [2.05, 4.69) is 23.5 Å². The molecule has 23 heavy (non-hydrogen) atoms. The zero-order valence-electron chi connectivity index (χ0n) is 16.5. The Hall–Kier alpha value is -2.68. The molecular weight excluding hydrogens is 282 g/mol. The van der Waals surface area contributed by atoms with Crippen molar-refractivity contribution >= 4 is 16.7 Å². The van der Waals surface area contributed by atoms with Crippen LogP contribution >= 0.6 is 0 Å². The van der Waals surface area contributed by atoms with Gasteiger partial charge in [0.1, 0.15) is 18.2 Å². The Balaban J connectivity index is 2.06. The van der Waals surface area contributed by atoms with E-state index in [-0.39, 0.29) is 0 Å². The number of hydrogen-bond donors (Lipinski definition) is 0. The normalized spacial score (nSPS) is 14.0. The number of pyridine rings is 2. The van der Waals surface area contributed by atoms with Crippen LogP contribution in [0.25, 0.3) is 27.9 Å². The van der Waals surface area contributed by atoms with Crippen LogP contribution in [0.3, 0.4) is 0 Å². The number of hydrogen-bond acceptors (Lipinski definition) is 1. The maximum atomic E-state index is 7.74. The molecular formula is C20H20N3+. The average molecular weight is 305 g/mol. The van der Waals surface area contributed by atoms with Crippen molar-refractivity contribution in [2.75, 3.05) is 0 Å². The molecule has 3 nitrogen and oxygen atoms in total. The van der Waals surface area contributed by atoms with E-state index in [1.807, 2.05) is 49.0 Å². The molecule has 0 saturated carbocycles. The van der Waals surface area contributed by atoms with Crippen molar-refractivity contribution in [2.24, 2.45) is 7.05 Å². The highest BCUT2D eigenvalue weighted by molar-refractivity contribution is 5.94. The summed E-state index contributed by atoms with van der Waals surface area (Å²) in [6, 6.07) is 12.1. The summed E-state index contributed by atoms with van der Waals surface area (Å²) in [4.78, 5) is 4.83. The van der Waals surface area contributed by atoms with Gasteiger partial charge in [0, 0.05) is 21.9 Å². The van der Waals surface area contributed by atoms with E-state index < -0.39 is 6.85 Å². The molecule has 0 atom stereocenters. The van der Waals surface area contributed by atoms with E-state index in [0.29, 0.717) is 5.56 Å². The highest BCUT2D eigenvalue weighted by atomic mass is 15.0. The van der Waals surface area contributed by atoms with Crippen molar-refractivity contribution in [2.45, 2.75) is 20.7 Å². The number of rotatable bonds is 1. The van der Waals surface area contributed by atoms with Gasteiger partial charge in [-0.15, -0.1) is 0 Å². The van der Waals surface area contributed by atoms with Crippen LogP contribution in [0.1, 0.15) is 20.8 Å². The fourth-order valence-electron chi connectivity index (χ4n) is 3.15. The summed E-state index contributed by atoms with van der Waals surface area (Å²) in [6.07, 6.45) is 3.72. The molecule has 0 saturated heterocycles. The molecule has 114 valence electrons. The highest BCUT2D eigenvalue weighted by Gasteiger charge is 2.20. The Kier molecular flexibility index (Phi) is 2.34.